The average molecular weight is 273 g/mol. The predicted octanol–water partition coefficient (Wildman–Crippen LogP) is 2.69. The Morgan fingerprint density at radius 3 is 2.70 bits per heavy atom. The van der Waals surface area contributed by atoms with E-state index in [1.807, 2.05) is 44.2 Å². The molecule has 0 fully saturated rings. The summed E-state index contributed by atoms with van der Waals surface area (Å²) in [5, 5.41) is 9.59. The van der Waals surface area contributed by atoms with Gasteiger partial charge in [0, 0.05) is 11.8 Å². The molecular formula is C15H19N3O2. The number of aryl methyl sites for hydroxylation is 2. The minimum absolute atomic E-state index is 0.222. The first-order valence-electron chi connectivity index (χ1n) is 6.67. The average Bonchev–Trinajstić information content (AvgIpc) is 2.89. The van der Waals surface area contributed by atoms with E-state index in [1.165, 1.54) is 0 Å². The summed E-state index contributed by atoms with van der Waals surface area (Å²) in [5.74, 6) is 0.973. The molecule has 0 bridgehead atoms. The van der Waals surface area contributed by atoms with Gasteiger partial charge in [0.15, 0.2) is 11.9 Å². The summed E-state index contributed by atoms with van der Waals surface area (Å²) in [4.78, 5) is 12.0. The molecule has 2 rings (SSSR count). The normalized spacial score (nSPS) is 11.9. The molecule has 0 aliphatic carbocycles. The number of ether oxygens (including phenoxy) is 1. The van der Waals surface area contributed by atoms with Crippen LogP contribution in [0, 0.1) is 6.92 Å². The Bertz CT molecular complexity index is 575. The standard InChI is InChI=1S/C15H19N3O2/c1-4-12-9-14(18-17-12)16-15(19)11(3)20-13-7-5-10(2)6-8-13/h5-9,11H,4H2,1-3H3,(H2,16,17,18,19). The van der Waals surface area contributed by atoms with Crippen LogP contribution < -0.4 is 10.1 Å². The molecule has 20 heavy (non-hydrogen) atoms. The highest BCUT2D eigenvalue weighted by Gasteiger charge is 2.15. The highest BCUT2D eigenvalue weighted by atomic mass is 16.5. The summed E-state index contributed by atoms with van der Waals surface area (Å²) in [6.07, 6.45) is 0.262. The quantitative estimate of drug-likeness (QED) is 0.880. The molecule has 106 valence electrons. The maximum absolute atomic E-state index is 12.0. The molecule has 1 amide bonds. The van der Waals surface area contributed by atoms with Crippen molar-refractivity contribution in [1.29, 1.82) is 0 Å². The Balaban J connectivity index is 1.93. The van der Waals surface area contributed by atoms with Crippen molar-refractivity contribution in [2.75, 3.05) is 5.32 Å². The molecule has 1 aromatic heterocycles. The molecule has 0 saturated heterocycles. The molecule has 0 aliphatic rings. The summed E-state index contributed by atoms with van der Waals surface area (Å²) >= 11 is 0. The van der Waals surface area contributed by atoms with Crippen LogP contribution in [0.15, 0.2) is 30.3 Å². The third-order valence-corrected chi connectivity index (χ3v) is 2.97. The second-order valence-corrected chi connectivity index (χ2v) is 4.69. The van der Waals surface area contributed by atoms with Crippen LogP contribution in [0.2, 0.25) is 0 Å². The molecule has 0 spiro atoms. The number of aromatic nitrogens is 2. The lowest BCUT2D eigenvalue weighted by Gasteiger charge is -2.13. The highest BCUT2D eigenvalue weighted by molar-refractivity contribution is 5.93. The number of anilines is 1. The van der Waals surface area contributed by atoms with Gasteiger partial charge in [0.1, 0.15) is 5.75 Å². The van der Waals surface area contributed by atoms with E-state index < -0.39 is 6.10 Å². The fourth-order valence-corrected chi connectivity index (χ4v) is 1.71. The first kappa shape index (κ1) is 14.1. The number of benzene rings is 1. The molecule has 1 unspecified atom stereocenters. The van der Waals surface area contributed by atoms with E-state index in [-0.39, 0.29) is 5.91 Å². The zero-order chi connectivity index (χ0) is 14.5. The maximum atomic E-state index is 12.0. The molecule has 1 atom stereocenters. The summed E-state index contributed by atoms with van der Waals surface area (Å²) in [6.45, 7) is 5.73. The number of amides is 1. The van der Waals surface area contributed by atoms with Gasteiger partial charge in [0.2, 0.25) is 0 Å². The lowest BCUT2D eigenvalue weighted by atomic mass is 10.2. The van der Waals surface area contributed by atoms with Crippen LogP contribution in [-0.4, -0.2) is 22.2 Å². The lowest BCUT2D eigenvalue weighted by Crippen LogP contribution is -2.30. The highest BCUT2D eigenvalue weighted by Crippen LogP contribution is 2.14. The van der Waals surface area contributed by atoms with Gasteiger partial charge in [-0.25, -0.2) is 0 Å². The third kappa shape index (κ3) is 3.60. The fourth-order valence-electron chi connectivity index (χ4n) is 1.71. The van der Waals surface area contributed by atoms with Gasteiger partial charge < -0.3 is 10.1 Å². The Labute approximate surface area is 118 Å². The van der Waals surface area contributed by atoms with E-state index in [2.05, 4.69) is 15.5 Å². The van der Waals surface area contributed by atoms with Gasteiger partial charge in [-0.05, 0) is 32.4 Å². The Morgan fingerprint density at radius 1 is 1.40 bits per heavy atom. The second-order valence-electron chi connectivity index (χ2n) is 4.69. The van der Waals surface area contributed by atoms with Gasteiger partial charge in [-0.1, -0.05) is 24.6 Å². The van der Waals surface area contributed by atoms with Gasteiger partial charge in [-0.3, -0.25) is 9.89 Å². The summed E-state index contributed by atoms with van der Waals surface area (Å²) < 4.78 is 5.59. The van der Waals surface area contributed by atoms with Crippen molar-refractivity contribution in [3.05, 3.63) is 41.6 Å². The number of carbonyl (C=O) groups excluding carboxylic acids is 1. The molecule has 5 nitrogen and oxygen atoms in total. The predicted molar refractivity (Wildman–Crippen MR) is 77.9 cm³/mol. The van der Waals surface area contributed by atoms with Crippen molar-refractivity contribution in [2.45, 2.75) is 33.3 Å². The number of aromatic amines is 1. The van der Waals surface area contributed by atoms with Gasteiger partial charge >= 0.3 is 0 Å². The van der Waals surface area contributed by atoms with Gasteiger partial charge in [-0.2, -0.15) is 5.10 Å². The van der Waals surface area contributed by atoms with E-state index in [9.17, 15) is 4.79 Å². The van der Waals surface area contributed by atoms with Crippen molar-refractivity contribution >= 4 is 11.7 Å². The number of hydrogen-bond acceptors (Lipinski definition) is 3. The topological polar surface area (TPSA) is 67.0 Å². The van der Waals surface area contributed by atoms with Crippen LogP contribution in [0.4, 0.5) is 5.82 Å². The number of carbonyl (C=O) groups is 1. The molecule has 0 radical (unpaired) electrons. The minimum Gasteiger partial charge on any atom is -0.481 e. The van der Waals surface area contributed by atoms with Gasteiger partial charge in [0.05, 0.1) is 0 Å². The molecule has 1 heterocycles. The fraction of sp³-hybridized carbons (Fsp3) is 0.333. The van der Waals surface area contributed by atoms with E-state index in [4.69, 9.17) is 4.74 Å². The molecule has 2 aromatic rings. The lowest BCUT2D eigenvalue weighted by molar-refractivity contribution is -0.122. The number of nitrogens with zero attached hydrogens (tertiary/aromatic N) is 1. The van der Waals surface area contributed by atoms with Crippen LogP contribution in [0.1, 0.15) is 25.1 Å². The number of H-pyrrole nitrogens is 1. The first-order valence-corrected chi connectivity index (χ1v) is 6.67. The SMILES string of the molecule is CCc1cc(NC(=O)C(C)Oc2ccc(C)cc2)n[nH]1. The smallest absolute Gasteiger partial charge is 0.266 e. The molecule has 0 aliphatic heterocycles. The summed E-state index contributed by atoms with van der Waals surface area (Å²) in [6, 6.07) is 9.41. The van der Waals surface area contributed by atoms with E-state index in [0.29, 0.717) is 11.6 Å². The van der Waals surface area contributed by atoms with Crippen molar-refractivity contribution in [2.24, 2.45) is 0 Å². The monoisotopic (exact) mass is 273 g/mol. The number of nitrogens with one attached hydrogen (secondary N) is 2. The van der Waals surface area contributed by atoms with Crippen LogP contribution in [0.3, 0.4) is 0 Å². The van der Waals surface area contributed by atoms with E-state index in [1.54, 1.807) is 6.92 Å². The molecule has 0 saturated carbocycles. The van der Waals surface area contributed by atoms with Gasteiger partial charge in [-0.15, -0.1) is 0 Å². The number of rotatable bonds is 5. The van der Waals surface area contributed by atoms with Crippen LogP contribution in [-0.2, 0) is 11.2 Å². The molecule has 2 N–H and O–H groups in total. The number of hydrogen-bond donors (Lipinski definition) is 2. The van der Waals surface area contributed by atoms with Crippen molar-refractivity contribution < 1.29 is 9.53 Å². The van der Waals surface area contributed by atoms with E-state index >= 15 is 0 Å². The van der Waals surface area contributed by atoms with Gasteiger partial charge in [0.25, 0.3) is 5.91 Å². The van der Waals surface area contributed by atoms with Crippen molar-refractivity contribution in [3.8, 4) is 5.75 Å². The van der Waals surface area contributed by atoms with Crippen molar-refractivity contribution in [1.82, 2.24) is 10.2 Å². The molecule has 1 aromatic carbocycles. The zero-order valence-electron chi connectivity index (χ0n) is 11.9. The first-order chi connectivity index (χ1) is 9.58. The van der Waals surface area contributed by atoms with Crippen molar-refractivity contribution in [3.63, 3.8) is 0 Å². The second kappa shape index (κ2) is 6.23. The maximum Gasteiger partial charge on any atom is 0.266 e. The largest absolute Gasteiger partial charge is 0.481 e. The van der Waals surface area contributed by atoms with Crippen LogP contribution in [0.25, 0.3) is 0 Å². The third-order valence-electron chi connectivity index (χ3n) is 2.97. The molecular weight excluding hydrogens is 254 g/mol. The zero-order valence-corrected chi connectivity index (χ0v) is 11.9. The summed E-state index contributed by atoms with van der Waals surface area (Å²) in [5.41, 5.74) is 2.13. The Morgan fingerprint density at radius 2 is 2.10 bits per heavy atom. The minimum atomic E-state index is -0.584. The van der Waals surface area contributed by atoms with E-state index in [0.717, 1.165) is 17.7 Å². The van der Waals surface area contributed by atoms with Crippen LogP contribution in [0.5, 0.6) is 5.75 Å². The van der Waals surface area contributed by atoms with Crippen LogP contribution >= 0.6 is 0 Å². The molecule has 5 heteroatoms. The summed E-state index contributed by atoms with van der Waals surface area (Å²) in [7, 11) is 0. The Hall–Kier alpha value is -2.30. The Kier molecular flexibility index (Phi) is 4.40.